The topological polar surface area (TPSA) is 88.2 Å². The number of carbonyl (C=O) groups is 1. The summed E-state index contributed by atoms with van der Waals surface area (Å²) in [7, 11) is 0. The summed E-state index contributed by atoms with van der Waals surface area (Å²) < 4.78 is 5.21. The molecular formula is C17H29N3O3. The summed E-state index contributed by atoms with van der Waals surface area (Å²) in [6.45, 7) is 6.21. The Morgan fingerprint density at radius 2 is 2.04 bits per heavy atom. The van der Waals surface area contributed by atoms with Gasteiger partial charge in [0.1, 0.15) is 0 Å². The van der Waals surface area contributed by atoms with Gasteiger partial charge in [0.15, 0.2) is 5.82 Å². The van der Waals surface area contributed by atoms with Crippen molar-refractivity contribution in [2.45, 2.75) is 77.2 Å². The summed E-state index contributed by atoms with van der Waals surface area (Å²) in [5.74, 6) is 1.34. The maximum atomic E-state index is 12.2. The zero-order chi connectivity index (χ0) is 16.9. The van der Waals surface area contributed by atoms with E-state index in [2.05, 4.69) is 15.5 Å². The van der Waals surface area contributed by atoms with Gasteiger partial charge in [-0.15, -0.1) is 0 Å². The number of hydrogen-bond acceptors (Lipinski definition) is 5. The van der Waals surface area contributed by atoms with Crippen LogP contribution < -0.4 is 5.32 Å². The number of aryl methyl sites for hydroxylation is 1. The third-order valence-corrected chi connectivity index (χ3v) is 4.44. The van der Waals surface area contributed by atoms with E-state index in [1.165, 1.54) is 6.42 Å². The average Bonchev–Trinajstić information content (AvgIpc) is 2.87. The van der Waals surface area contributed by atoms with Crippen molar-refractivity contribution in [1.82, 2.24) is 15.5 Å². The predicted molar refractivity (Wildman–Crippen MR) is 86.9 cm³/mol. The van der Waals surface area contributed by atoms with Crippen molar-refractivity contribution < 1.29 is 14.4 Å². The van der Waals surface area contributed by atoms with Gasteiger partial charge in [-0.3, -0.25) is 4.79 Å². The van der Waals surface area contributed by atoms with Crippen LogP contribution in [0.4, 0.5) is 0 Å². The summed E-state index contributed by atoms with van der Waals surface area (Å²) in [6, 6.07) is 0.0859. The molecule has 2 N–H and O–H groups in total. The Morgan fingerprint density at radius 3 is 2.70 bits per heavy atom. The van der Waals surface area contributed by atoms with Crippen molar-refractivity contribution in [2.75, 3.05) is 6.61 Å². The molecule has 23 heavy (non-hydrogen) atoms. The Hall–Kier alpha value is -1.43. The van der Waals surface area contributed by atoms with Gasteiger partial charge < -0.3 is 14.9 Å². The summed E-state index contributed by atoms with van der Waals surface area (Å²) in [5, 5.41) is 16.5. The lowest BCUT2D eigenvalue weighted by molar-refractivity contribution is -0.122. The second-order valence-corrected chi connectivity index (χ2v) is 7.52. The monoisotopic (exact) mass is 323 g/mol. The number of carbonyl (C=O) groups excluding carboxylic acids is 1. The second kappa shape index (κ2) is 7.90. The molecule has 0 spiro atoms. The van der Waals surface area contributed by atoms with Gasteiger partial charge in [0.2, 0.25) is 11.8 Å². The molecule has 0 bridgehead atoms. The second-order valence-electron chi connectivity index (χ2n) is 7.52. The third kappa shape index (κ3) is 5.30. The fourth-order valence-electron chi connectivity index (χ4n) is 2.95. The van der Waals surface area contributed by atoms with Gasteiger partial charge >= 0.3 is 0 Å². The smallest absolute Gasteiger partial charge is 0.227 e. The molecule has 6 nitrogen and oxygen atoms in total. The Balaban J connectivity index is 1.83. The minimum atomic E-state index is -0.154. The van der Waals surface area contributed by atoms with Crippen LogP contribution in [0.1, 0.15) is 71.0 Å². The molecule has 1 aliphatic rings. The van der Waals surface area contributed by atoms with Crippen LogP contribution in [0.2, 0.25) is 0 Å². The minimum Gasteiger partial charge on any atom is -0.396 e. The van der Waals surface area contributed by atoms with Crippen molar-refractivity contribution in [3.05, 3.63) is 11.7 Å². The zero-order valence-electron chi connectivity index (χ0n) is 14.5. The predicted octanol–water partition coefficient (Wildman–Crippen LogP) is 2.36. The molecule has 1 saturated carbocycles. The van der Waals surface area contributed by atoms with Crippen molar-refractivity contribution in [1.29, 1.82) is 0 Å². The zero-order valence-corrected chi connectivity index (χ0v) is 14.5. The molecule has 1 heterocycles. The van der Waals surface area contributed by atoms with Crippen molar-refractivity contribution >= 4 is 5.91 Å². The molecule has 0 radical (unpaired) electrons. The fraction of sp³-hybridized carbons (Fsp3) is 0.824. The molecule has 0 saturated heterocycles. The maximum absolute atomic E-state index is 12.2. The van der Waals surface area contributed by atoms with Crippen LogP contribution in [0.25, 0.3) is 0 Å². The van der Waals surface area contributed by atoms with E-state index < -0.39 is 0 Å². The lowest BCUT2D eigenvalue weighted by Crippen LogP contribution is -2.41. The van der Waals surface area contributed by atoms with Crippen LogP contribution >= 0.6 is 0 Å². The van der Waals surface area contributed by atoms with Crippen LogP contribution in [0.15, 0.2) is 4.52 Å². The third-order valence-electron chi connectivity index (χ3n) is 4.44. The molecule has 2 unspecified atom stereocenters. The maximum Gasteiger partial charge on any atom is 0.227 e. The Morgan fingerprint density at radius 1 is 1.30 bits per heavy atom. The van der Waals surface area contributed by atoms with Crippen molar-refractivity contribution in [3.63, 3.8) is 0 Å². The van der Waals surface area contributed by atoms with E-state index in [1.54, 1.807) is 0 Å². The lowest BCUT2D eigenvalue weighted by atomic mass is 9.95. The van der Waals surface area contributed by atoms with Gasteiger partial charge in [-0.2, -0.15) is 4.98 Å². The highest BCUT2D eigenvalue weighted by Crippen LogP contribution is 2.23. The van der Waals surface area contributed by atoms with E-state index in [-0.39, 0.29) is 29.9 Å². The Bertz CT molecular complexity index is 507. The standard InChI is InChI=1S/C17H29N3O3/c1-17(2,3)16-19-15(23-20-16)10-9-14(22)18-13-8-6-4-5-7-12(13)11-21/h12-13,21H,4-11H2,1-3H3,(H,18,22). The van der Waals surface area contributed by atoms with E-state index in [4.69, 9.17) is 4.52 Å². The molecule has 2 rings (SSSR count). The summed E-state index contributed by atoms with van der Waals surface area (Å²) in [6.07, 6.45) is 6.15. The lowest BCUT2D eigenvalue weighted by Gasteiger charge is -2.24. The van der Waals surface area contributed by atoms with Crippen LogP contribution in [-0.4, -0.2) is 33.8 Å². The highest BCUT2D eigenvalue weighted by molar-refractivity contribution is 5.76. The average molecular weight is 323 g/mol. The van der Waals surface area contributed by atoms with Gasteiger partial charge in [-0.1, -0.05) is 45.2 Å². The van der Waals surface area contributed by atoms with Gasteiger partial charge in [-0.25, -0.2) is 0 Å². The molecule has 6 heteroatoms. The van der Waals surface area contributed by atoms with E-state index in [9.17, 15) is 9.90 Å². The Kier molecular flexibility index (Phi) is 6.16. The van der Waals surface area contributed by atoms with E-state index in [1.807, 2.05) is 20.8 Å². The van der Waals surface area contributed by atoms with E-state index >= 15 is 0 Å². The van der Waals surface area contributed by atoms with Gasteiger partial charge in [-0.05, 0) is 12.8 Å². The number of aliphatic hydroxyl groups excluding tert-OH is 1. The highest BCUT2D eigenvalue weighted by Gasteiger charge is 2.25. The quantitative estimate of drug-likeness (QED) is 0.812. The van der Waals surface area contributed by atoms with Crippen LogP contribution in [-0.2, 0) is 16.6 Å². The summed E-state index contributed by atoms with van der Waals surface area (Å²) >= 11 is 0. The number of rotatable bonds is 5. The first kappa shape index (κ1) is 17.9. The number of amides is 1. The molecule has 2 atom stereocenters. The van der Waals surface area contributed by atoms with E-state index in [0.29, 0.717) is 24.6 Å². The molecule has 1 aliphatic carbocycles. The molecular weight excluding hydrogens is 294 g/mol. The minimum absolute atomic E-state index is 0.00846. The number of nitrogens with one attached hydrogen (secondary N) is 1. The number of aromatic nitrogens is 2. The molecule has 1 amide bonds. The van der Waals surface area contributed by atoms with Gasteiger partial charge in [0, 0.05) is 36.8 Å². The SMILES string of the molecule is CC(C)(C)c1noc(CCC(=O)NC2CCCCCC2CO)n1. The number of aliphatic hydroxyl groups is 1. The van der Waals surface area contributed by atoms with Gasteiger partial charge in [0.05, 0.1) is 0 Å². The van der Waals surface area contributed by atoms with E-state index in [0.717, 1.165) is 25.7 Å². The van der Waals surface area contributed by atoms with Crippen LogP contribution in [0.3, 0.4) is 0 Å². The molecule has 1 fully saturated rings. The fourth-order valence-corrected chi connectivity index (χ4v) is 2.95. The van der Waals surface area contributed by atoms with Crippen LogP contribution in [0, 0.1) is 5.92 Å². The number of hydrogen-bond donors (Lipinski definition) is 2. The van der Waals surface area contributed by atoms with Crippen molar-refractivity contribution in [2.24, 2.45) is 5.92 Å². The largest absolute Gasteiger partial charge is 0.396 e. The first-order valence-corrected chi connectivity index (χ1v) is 8.63. The first-order chi connectivity index (χ1) is 10.9. The highest BCUT2D eigenvalue weighted by atomic mass is 16.5. The molecule has 0 aliphatic heterocycles. The normalized spacial score (nSPS) is 22.6. The Labute approximate surface area is 138 Å². The van der Waals surface area contributed by atoms with Gasteiger partial charge in [0.25, 0.3) is 0 Å². The first-order valence-electron chi connectivity index (χ1n) is 8.63. The summed E-state index contributed by atoms with van der Waals surface area (Å²) in [4.78, 5) is 16.5. The van der Waals surface area contributed by atoms with Crippen LogP contribution in [0.5, 0.6) is 0 Å². The molecule has 1 aromatic heterocycles. The summed E-state index contributed by atoms with van der Waals surface area (Å²) in [5.41, 5.74) is -0.154. The molecule has 130 valence electrons. The van der Waals surface area contributed by atoms with Crippen molar-refractivity contribution in [3.8, 4) is 0 Å². The number of nitrogens with zero attached hydrogens (tertiary/aromatic N) is 2. The molecule has 1 aromatic rings. The molecule has 0 aromatic carbocycles.